The molecular weight excluding hydrogens is 1060 g/mol. The minimum Gasteiger partial charge on any atom is -0.309 e. The Bertz CT molecular complexity index is 4680. The van der Waals surface area contributed by atoms with E-state index in [1.165, 1.54) is 0 Å². The molecule has 12 aromatic carbocycles. The van der Waals surface area contributed by atoms with Crippen LogP contribution in [0.2, 0.25) is 0 Å². The van der Waals surface area contributed by atoms with E-state index in [4.69, 9.17) is 0 Å². The van der Waals surface area contributed by atoms with Gasteiger partial charge < -0.3 is 32.3 Å². The third-order valence-corrected chi connectivity index (χ3v) is 26.9. The van der Waals surface area contributed by atoms with E-state index in [1.54, 1.807) is 0 Å². The maximum Gasteiger partial charge on any atom is 0.175 e. The Labute approximate surface area is 471 Å². The zero-order valence-electron chi connectivity index (χ0n) is 43.8. The number of aromatic nitrogens is 3. The van der Waals surface area contributed by atoms with Crippen LogP contribution in [0.15, 0.2) is 273 Å². The molecule has 3 aliphatic heterocycles. The van der Waals surface area contributed by atoms with Crippen molar-refractivity contribution in [1.29, 1.82) is 0 Å². The number of fused-ring (bicyclic) bond motifs is 9. The highest BCUT2D eigenvalue weighted by Gasteiger charge is 2.57. The Kier molecular flexibility index (Phi) is 9.36. The van der Waals surface area contributed by atoms with E-state index in [9.17, 15) is 0 Å². The molecule has 0 unspecified atom stereocenters. The van der Waals surface area contributed by atoms with E-state index in [2.05, 4.69) is 201 Å². The summed E-state index contributed by atoms with van der Waals surface area (Å²) < 4.78 is 62.1. The van der Waals surface area contributed by atoms with Crippen LogP contribution in [-0.2, 0) is 13.7 Å². The zero-order chi connectivity index (χ0) is 54.2. The Hall–Kier alpha value is -9.47. The number of hydrogen-bond acceptors (Lipinski definition) is 4. The van der Waals surface area contributed by atoms with Gasteiger partial charge in [0, 0.05) is 97.1 Å². The normalized spacial score (nSPS) is 18.5. The summed E-state index contributed by atoms with van der Waals surface area (Å²) in [6, 6.07) is 92.8. The second-order valence-corrected chi connectivity index (χ2v) is 29.9. The van der Waals surface area contributed by atoms with Gasteiger partial charge >= 0.3 is 0 Å². The highest BCUT2D eigenvalue weighted by Crippen LogP contribution is 2.66. The average molecular weight is 1110 g/mol. The summed E-state index contributed by atoms with van der Waals surface area (Å²) in [4.78, 5) is 2.25. The first-order chi connectivity index (χ1) is 40.3. The molecule has 0 spiro atoms. The molecule has 0 radical (unpaired) electrons. The Morgan fingerprint density at radius 2 is 0.402 bits per heavy atom. The van der Waals surface area contributed by atoms with E-state index < -0.39 is 21.4 Å². The number of benzene rings is 12. The molecule has 0 atom stereocenters. The molecule has 0 saturated heterocycles. The van der Waals surface area contributed by atoms with Crippen LogP contribution in [0.1, 0.15) is 0 Å². The number of rotatable bonds is 6. The maximum absolute atomic E-state index is 18.4. The fraction of sp³-hybridized carbons (Fsp3) is 0. The Morgan fingerprint density at radius 1 is 0.220 bits per heavy atom. The van der Waals surface area contributed by atoms with Gasteiger partial charge in [-0.25, -0.2) is 0 Å². The van der Waals surface area contributed by atoms with Gasteiger partial charge in [-0.3, -0.25) is 0 Å². The summed E-state index contributed by atoms with van der Waals surface area (Å²) in [5.41, 5.74) is 9.91. The topological polar surface area (TPSA) is 69.2 Å². The van der Waals surface area contributed by atoms with Gasteiger partial charge in [0.1, 0.15) is 0 Å². The molecule has 0 saturated carbocycles. The first-order valence-electron chi connectivity index (χ1n) is 27.7. The van der Waals surface area contributed by atoms with E-state index in [0.717, 1.165) is 82.5 Å². The lowest BCUT2D eigenvalue weighted by molar-refractivity contribution is 0.592. The van der Waals surface area contributed by atoms with Crippen molar-refractivity contribution in [2.45, 2.75) is 0 Å². The van der Waals surface area contributed by atoms with Gasteiger partial charge in [-0.15, -0.1) is 0 Å². The van der Waals surface area contributed by atoms with Gasteiger partial charge in [-0.2, -0.15) is 0 Å². The quantitative estimate of drug-likeness (QED) is 0.156. The molecule has 0 fully saturated rings. The van der Waals surface area contributed by atoms with Crippen molar-refractivity contribution in [2.75, 3.05) is 4.90 Å². The van der Waals surface area contributed by atoms with Crippen LogP contribution in [0, 0.1) is 0 Å². The average Bonchev–Trinajstić information content (AvgIpc) is 0.982. The maximum atomic E-state index is 18.4. The van der Waals surface area contributed by atoms with Crippen molar-refractivity contribution < 1.29 is 13.7 Å². The van der Waals surface area contributed by atoms with Crippen LogP contribution < -0.4 is 52.6 Å². The summed E-state index contributed by atoms with van der Waals surface area (Å²) in [7, 11) is -12.3. The fourth-order valence-corrected chi connectivity index (χ4v) is 23.8. The fourth-order valence-electron chi connectivity index (χ4n) is 14.4. The minimum absolute atomic E-state index is 0.571. The van der Waals surface area contributed by atoms with Crippen molar-refractivity contribution >= 4 is 152 Å². The van der Waals surface area contributed by atoms with Crippen molar-refractivity contribution in [3.8, 4) is 17.1 Å². The first-order valence-corrected chi connectivity index (χ1v) is 32.8. The monoisotopic (exact) mass is 1110 g/mol. The van der Waals surface area contributed by atoms with Gasteiger partial charge in [-0.1, -0.05) is 200 Å². The summed E-state index contributed by atoms with van der Waals surface area (Å²) in [6.07, 6.45) is 0. The molecule has 82 heavy (non-hydrogen) atoms. The van der Waals surface area contributed by atoms with E-state index >= 15 is 13.7 Å². The molecule has 386 valence electrons. The highest BCUT2D eigenvalue weighted by molar-refractivity contribution is 7.90. The summed E-state index contributed by atoms with van der Waals surface area (Å²) in [5, 5.41) is 11.8. The largest absolute Gasteiger partial charge is 0.309 e. The molecule has 15 aromatic rings. The molecule has 0 N–H and O–H groups in total. The third-order valence-electron chi connectivity index (χ3n) is 17.7. The van der Waals surface area contributed by atoms with Crippen molar-refractivity contribution in [3.05, 3.63) is 273 Å². The number of para-hydroxylation sites is 6. The van der Waals surface area contributed by atoms with Gasteiger partial charge in [0.05, 0.1) is 50.2 Å². The molecule has 6 heterocycles. The van der Waals surface area contributed by atoms with Crippen molar-refractivity contribution in [2.24, 2.45) is 0 Å². The second kappa shape index (κ2) is 16.6. The Morgan fingerprint density at radius 3 is 0.610 bits per heavy atom. The lowest BCUT2D eigenvalue weighted by atomic mass is 10.1. The highest BCUT2D eigenvalue weighted by atomic mass is 31.2. The number of hydrogen-bond donors (Lipinski definition) is 0. The summed E-state index contributed by atoms with van der Waals surface area (Å²) >= 11 is 0. The molecule has 18 rings (SSSR count). The standard InChI is InChI=1S/C72H45N4O3P3/c77-80(49-22-4-1-5-23-49)64-40-46(73-58-34-16-10-28-52(58)53-29-11-17-35-59(53)73)42-66-70(64)76-71-65(80)41-47(74-60-36-18-12-30-54(60)55-31-13-19-37-61(55)74)43-67(71)82(79,51-26-8-3-9-27-51)69-45-48(44-68(72(69)76)81(66,78)50-24-6-2-7-25-50)75-62-38-20-14-32-56(62)57-33-15-21-39-63(57)75/h1-45H. The SMILES string of the molecule is O=P1(c2ccccc2)c2cc(-n3c4ccccc4c4ccccc43)cc3c2N2c4c1cc(-n1c5ccccc5c5ccccc51)cc4P(=O)(c1ccccc1)c1cc(-n4c5ccccc5c5ccccc54)cc(c12)P3(=O)c1ccccc1. The molecule has 0 amide bonds. The van der Waals surface area contributed by atoms with Crippen molar-refractivity contribution in [1.82, 2.24) is 13.7 Å². The number of anilines is 3. The van der Waals surface area contributed by atoms with Gasteiger partial charge in [0.15, 0.2) is 21.4 Å². The molecular formula is C72H45N4O3P3. The minimum atomic E-state index is -4.11. The molecule has 10 heteroatoms. The zero-order valence-corrected chi connectivity index (χ0v) is 46.5. The van der Waals surface area contributed by atoms with E-state index in [1.807, 2.05) is 91.0 Å². The molecule has 3 aliphatic rings. The first kappa shape index (κ1) is 46.3. The van der Waals surface area contributed by atoms with Gasteiger partial charge in [0.25, 0.3) is 0 Å². The lowest BCUT2D eigenvalue weighted by Gasteiger charge is -2.49. The molecule has 3 aromatic heterocycles. The number of nitrogens with zero attached hydrogens (tertiary/aromatic N) is 4. The van der Waals surface area contributed by atoms with Gasteiger partial charge in [-0.05, 0) is 72.8 Å². The predicted molar refractivity (Wildman–Crippen MR) is 343 cm³/mol. The van der Waals surface area contributed by atoms with Gasteiger partial charge in [0.2, 0.25) is 0 Å². The Balaban J connectivity index is 1.09. The third kappa shape index (κ3) is 5.80. The van der Waals surface area contributed by atoms with Crippen LogP contribution in [0.3, 0.4) is 0 Å². The molecule has 0 aliphatic carbocycles. The van der Waals surface area contributed by atoms with Crippen LogP contribution in [0.5, 0.6) is 0 Å². The summed E-state index contributed by atoms with van der Waals surface area (Å²) in [5.74, 6) is 0. The van der Waals surface area contributed by atoms with E-state index in [0.29, 0.717) is 64.8 Å². The second-order valence-electron chi connectivity index (χ2n) is 21.8. The van der Waals surface area contributed by atoms with Crippen LogP contribution in [0.4, 0.5) is 17.1 Å². The van der Waals surface area contributed by atoms with Crippen LogP contribution in [-0.4, -0.2) is 13.7 Å². The van der Waals surface area contributed by atoms with E-state index in [-0.39, 0.29) is 0 Å². The molecule has 7 nitrogen and oxygen atoms in total. The smallest absolute Gasteiger partial charge is 0.175 e. The van der Waals surface area contributed by atoms with Crippen LogP contribution >= 0.6 is 21.4 Å². The summed E-state index contributed by atoms with van der Waals surface area (Å²) in [6.45, 7) is 0. The van der Waals surface area contributed by atoms with Crippen molar-refractivity contribution in [3.63, 3.8) is 0 Å². The lowest BCUT2D eigenvalue weighted by Crippen LogP contribution is -2.53. The van der Waals surface area contributed by atoms with Crippen LogP contribution in [0.25, 0.3) is 82.5 Å². The molecule has 0 bridgehead atoms. The predicted octanol–water partition coefficient (Wildman–Crippen LogP) is 14.3.